The van der Waals surface area contributed by atoms with Crippen molar-refractivity contribution in [2.24, 2.45) is 0 Å². The molecule has 2 aromatic carbocycles. The fourth-order valence-electron chi connectivity index (χ4n) is 4.51. The molecule has 152 valence electrons. The average Bonchev–Trinajstić information content (AvgIpc) is 3.33. The Hall–Kier alpha value is -2.79. The van der Waals surface area contributed by atoms with Gasteiger partial charge < -0.3 is 15.5 Å². The molecular weight excluding hydrogens is 360 g/mol. The highest BCUT2D eigenvalue weighted by atomic mass is 16.2. The van der Waals surface area contributed by atoms with Crippen LogP contribution in [-0.2, 0) is 4.79 Å². The predicted molar refractivity (Wildman–Crippen MR) is 121 cm³/mol. The molecule has 1 unspecified atom stereocenters. The van der Waals surface area contributed by atoms with Crippen LogP contribution in [0.5, 0.6) is 0 Å². The van der Waals surface area contributed by atoms with E-state index in [0.29, 0.717) is 11.6 Å². The molecule has 2 aromatic rings. The Balaban J connectivity index is 1.44. The first-order valence-corrected chi connectivity index (χ1v) is 10.6. The molecule has 0 radical (unpaired) electrons. The fraction of sp³-hybridized carbons (Fsp3) is 0.375. The molecule has 2 N–H and O–H groups in total. The maximum atomic E-state index is 12.3. The first-order chi connectivity index (χ1) is 14.1. The van der Waals surface area contributed by atoms with E-state index < -0.39 is 0 Å². The molecule has 1 amide bonds. The van der Waals surface area contributed by atoms with Gasteiger partial charge in [0.1, 0.15) is 0 Å². The molecule has 5 nitrogen and oxygen atoms in total. The highest BCUT2D eigenvalue weighted by molar-refractivity contribution is 6.32. The topological polar surface area (TPSA) is 47.6 Å². The Morgan fingerprint density at radius 1 is 1.17 bits per heavy atom. The number of hydrogen-bond donors (Lipinski definition) is 2. The summed E-state index contributed by atoms with van der Waals surface area (Å²) < 4.78 is 0. The Kier molecular flexibility index (Phi) is 5.58. The Morgan fingerprint density at radius 2 is 1.93 bits per heavy atom. The maximum Gasteiger partial charge on any atom is 0.257 e. The number of nitrogens with one attached hydrogen (secondary N) is 2. The molecule has 0 bridgehead atoms. The molecule has 1 atom stereocenters. The summed E-state index contributed by atoms with van der Waals surface area (Å²) in [4.78, 5) is 17.4. The minimum Gasteiger partial charge on any atom is -0.370 e. The smallest absolute Gasteiger partial charge is 0.257 e. The van der Waals surface area contributed by atoms with Gasteiger partial charge >= 0.3 is 0 Å². The third kappa shape index (κ3) is 3.87. The van der Waals surface area contributed by atoms with Crippen LogP contribution in [-0.4, -0.2) is 43.0 Å². The van der Waals surface area contributed by atoms with Gasteiger partial charge in [0.25, 0.3) is 5.91 Å². The number of carbonyl (C=O) groups excluding carboxylic acids is 1. The van der Waals surface area contributed by atoms with E-state index in [9.17, 15) is 4.79 Å². The molecule has 0 saturated carbocycles. The number of amides is 1. The first kappa shape index (κ1) is 19.5. The number of fused-ring (bicyclic) bond motifs is 1. The van der Waals surface area contributed by atoms with Crippen molar-refractivity contribution >= 4 is 28.5 Å². The number of anilines is 3. The van der Waals surface area contributed by atoms with Gasteiger partial charge in [0.2, 0.25) is 0 Å². The lowest BCUT2D eigenvalue weighted by Crippen LogP contribution is -2.37. The number of nitrogens with zero attached hydrogens (tertiary/aromatic N) is 2. The Labute approximate surface area is 173 Å². The number of carbonyl (C=O) groups is 1. The minimum atomic E-state index is -0.0575. The zero-order valence-corrected chi connectivity index (χ0v) is 17.5. The summed E-state index contributed by atoms with van der Waals surface area (Å²) in [7, 11) is 0. The van der Waals surface area contributed by atoms with Gasteiger partial charge in [-0.15, -0.1) is 0 Å². The Morgan fingerprint density at radius 3 is 2.66 bits per heavy atom. The predicted octanol–water partition coefficient (Wildman–Crippen LogP) is 4.32. The van der Waals surface area contributed by atoms with Gasteiger partial charge in [0.05, 0.1) is 5.57 Å². The van der Waals surface area contributed by atoms with Gasteiger partial charge in [-0.3, -0.25) is 9.69 Å². The van der Waals surface area contributed by atoms with Crippen LogP contribution < -0.4 is 15.5 Å². The Bertz CT molecular complexity index is 915. The van der Waals surface area contributed by atoms with Crippen LogP contribution >= 0.6 is 0 Å². The number of rotatable bonds is 6. The third-order valence-corrected chi connectivity index (χ3v) is 6.14. The van der Waals surface area contributed by atoms with E-state index in [2.05, 4.69) is 58.5 Å². The van der Waals surface area contributed by atoms with Crippen molar-refractivity contribution in [2.75, 3.05) is 41.7 Å². The fourth-order valence-corrected chi connectivity index (χ4v) is 4.51. The van der Waals surface area contributed by atoms with E-state index in [1.807, 2.05) is 31.3 Å². The van der Waals surface area contributed by atoms with E-state index in [-0.39, 0.29) is 5.91 Å². The number of aryl methyl sites for hydroxylation is 1. The van der Waals surface area contributed by atoms with Crippen LogP contribution in [0, 0.1) is 6.92 Å². The van der Waals surface area contributed by atoms with Gasteiger partial charge in [-0.25, -0.2) is 0 Å². The summed E-state index contributed by atoms with van der Waals surface area (Å²) in [5.41, 5.74) is 5.90. The summed E-state index contributed by atoms with van der Waals surface area (Å²) in [5, 5.41) is 6.23. The molecule has 2 heterocycles. The maximum absolute atomic E-state index is 12.3. The van der Waals surface area contributed by atoms with Gasteiger partial charge in [0, 0.05) is 48.0 Å². The van der Waals surface area contributed by atoms with E-state index in [0.717, 1.165) is 48.7 Å². The highest BCUT2D eigenvalue weighted by Gasteiger charge is 2.27. The molecule has 2 aliphatic heterocycles. The standard InChI is InChI=1S/C24H30N4O/c1-4-27(5-2)20-13-14-28(16-20)19-11-9-18(10-12-19)25-15-21-23-17(3)7-6-8-22(23)26-24(21)29/h6-12,15,20,25H,4-5,13-14,16H2,1-3H3,(H,26,29). The van der Waals surface area contributed by atoms with Crippen LogP contribution in [0.3, 0.4) is 0 Å². The van der Waals surface area contributed by atoms with Crippen LogP contribution in [0.4, 0.5) is 17.1 Å². The summed E-state index contributed by atoms with van der Waals surface area (Å²) in [6, 6.07) is 15.1. The summed E-state index contributed by atoms with van der Waals surface area (Å²) >= 11 is 0. The zero-order valence-electron chi connectivity index (χ0n) is 17.5. The SMILES string of the molecule is CCN(CC)C1CCN(c2ccc(NC=C3C(=O)Nc4cccc(C)c43)cc2)C1. The van der Waals surface area contributed by atoms with E-state index in [4.69, 9.17) is 0 Å². The number of likely N-dealkylation sites (N-methyl/N-ethyl adjacent to an activating group) is 1. The van der Waals surface area contributed by atoms with Crippen molar-refractivity contribution in [3.05, 3.63) is 59.8 Å². The summed E-state index contributed by atoms with van der Waals surface area (Å²) in [6.07, 6.45) is 3.04. The molecule has 29 heavy (non-hydrogen) atoms. The molecule has 2 aliphatic rings. The van der Waals surface area contributed by atoms with Crippen molar-refractivity contribution in [3.63, 3.8) is 0 Å². The van der Waals surface area contributed by atoms with Crippen LogP contribution in [0.1, 0.15) is 31.4 Å². The van der Waals surface area contributed by atoms with Crippen molar-refractivity contribution < 1.29 is 4.79 Å². The molecular formula is C24H30N4O. The molecule has 1 fully saturated rings. The lowest BCUT2D eigenvalue weighted by molar-refractivity contribution is -0.110. The summed E-state index contributed by atoms with van der Waals surface area (Å²) in [6.45, 7) is 10.9. The lowest BCUT2D eigenvalue weighted by atomic mass is 10.0. The van der Waals surface area contributed by atoms with Crippen molar-refractivity contribution in [2.45, 2.75) is 33.2 Å². The average molecular weight is 391 g/mol. The zero-order chi connectivity index (χ0) is 20.4. The van der Waals surface area contributed by atoms with Crippen molar-refractivity contribution in [1.29, 1.82) is 0 Å². The first-order valence-electron chi connectivity index (χ1n) is 10.6. The monoisotopic (exact) mass is 390 g/mol. The second-order valence-electron chi connectivity index (χ2n) is 7.81. The minimum absolute atomic E-state index is 0.0575. The van der Waals surface area contributed by atoms with Crippen molar-refractivity contribution in [1.82, 2.24) is 4.90 Å². The summed E-state index contributed by atoms with van der Waals surface area (Å²) in [5.74, 6) is -0.0575. The molecule has 5 heteroatoms. The molecule has 4 rings (SSSR count). The molecule has 0 spiro atoms. The van der Waals surface area contributed by atoms with E-state index in [1.54, 1.807) is 0 Å². The van der Waals surface area contributed by atoms with Crippen LogP contribution in [0.2, 0.25) is 0 Å². The van der Waals surface area contributed by atoms with Crippen molar-refractivity contribution in [3.8, 4) is 0 Å². The molecule has 0 aliphatic carbocycles. The number of hydrogen-bond acceptors (Lipinski definition) is 4. The second-order valence-corrected chi connectivity index (χ2v) is 7.81. The molecule has 1 saturated heterocycles. The van der Waals surface area contributed by atoms with Gasteiger partial charge in [-0.1, -0.05) is 26.0 Å². The van der Waals surface area contributed by atoms with E-state index >= 15 is 0 Å². The quantitative estimate of drug-likeness (QED) is 0.721. The van der Waals surface area contributed by atoms with Gasteiger partial charge in [0.15, 0.2) is 0 Å². The van der Waals surface area contributed by atoms with Crippen LogP contribution in [0.15, 0.2) is 48.7 Å². The molecule has 0 aromatic heterocycles. The normalized spacial score (nSPS) is 19.7. The third-order valence-electron chi connectivity index (χ3n) is 6.14. The highest BCUT2D eigenvalue weighted by Crippen LogP contribution is 2.34. The largest absolute Gasteiger partial charge is 0.370 e. The van der Waals surface area contributed by atoms with Gasteiger partial charge in [-0.05, 0) is 62.3 Å². The second kappa shape index (κ2) is 8.29. The van der Waals surface area contributed by atoms with E-state index in [1.165, 1.54) is 12.1 Å². The lowest BCUT2D eigenvalue weighted by Gasteiger charge is -2.26. The number of benzene rings is 2. The van der Waals surface area contributed by atoms with Crippen LogP contribution in [0.25, 0.3) is 5.57 Å². The van der Waals surface area contributed by atoms with Gasteiger partial charge in [-0.2, -0.15) is 0 Å².